The molecule has 34 heavy (non-hydrogen) atoms. The molecule has 2 heterocycles. The molecule has 0 saturated carbocycles. The van der Waals surface area contributed by atoms with Gasteiger partial charge in [0.05, 0.1) is 39.4 Å². The van der Waals surface area contributed by atoms with Crippen LogP contribution in [0.3, 0.4) is 0 Å². The minimum atomic E-state index is 0.736. The van der Waals surface area contributed by atoms with Crippen LogP contribution in [0, 0.1) is 6.92 Å². The minimum absolute atomic E-state index is 0.736. The Balaban J connectivity index is 1.83. The van der Waals surface area contributed by atoms with E-state index in [-0.39, 0.29) is 0 Å². The second-order valence-corrected chi connectivity index (χ2v) is 8.69. The first-order valence-corrected chi connectivity index (χ1v) is 11.5. The maximum absolute atomic E-state index is 5.82. The van der Waals surface area contributed by atoms with E-state index in [0.29, 0.717) is 0 Å². The largest absolute Gasteiger partial charge is 0.493 e. The first kappa shape index (κ1) is 22.1. The van der Waals surface area contributed by atoms with Crippen molar-refractivity contribution < 1.29 is 23.5 Å². The van der Waals surface area contributed by atoms with Crippen LogP contribution in [-0.2, 0) is 19.4 Å². The molecular weight excluding hydrogens is 426 g/mol. The number of fused-ring (bicyclic) bond motifs is 4. The Morgan fingerprint density at radius 2 is 1.47 bits per heavy atom. The standard InChI is InChI=1S/C29H30NO4/c1-18-6-8-19(9-7-18)14-23-21-10-11-25(31-2)29(34-5)24(21)17-30-13-12-20-15-26(32-3)27(33-4)16-22(20)28(23)30/h6-11,15-17H,12-14H2,1-5H3/q+1. The van der Waals surface area contributed by atoms with Crippen molar-refractivity contribution in [3.05, 3.63) is 77.0 Å². The van der Waals surface area contributed by atoms with Gasteiger partial charge in [-0.15, -0.1) is 0 Å². The van der Waals surface area contributed by atoms with Crippen molar-refractivity contribution >= 4 is 10.8 Å². The van der Waals surface area contributed by atoms with E-state index in [2.05, 4.69) is 60.2 Å². The quantitative estimate of drug-likeness (QED) is 0.370. The lowest BCUT2D eigenvalue weighted by Gasteiger charge is -2.22. The second-order valence-electron chi connectivity index (χ2n) is 8.69. The van der Waals surface area contributed by atoms with E-state index >= 15 is 0 Å². The summed E-state index contributed by atoms with van der Waals surface area (Å²) in [5, 5.41) is 2.21. The summed E-state index contributed by atoms with van der Waals surface area (Å²) in [5.74, 6) is 3.00. The zero-order valence-electron chi connectivity index (χ0n) is 20.4. The molecule has 1 aliphatic rings. The maximum Gasteiger partial charge on any atom is 0.217 e. The van der Waals surface area contributed by atoms with Crippen LogP contribution < -0.4 is 23.5 Å². The van der Waals surface area contributed by atoms with Gasteiger partial charge in [0.2, 0.25) is 5.69 Å². The van der Waals surface area contributed by atoms with Gasteiger partial charge in [-0.1, -0.05) is 29.8 Å². The van der Waals surface area contributed by atoms with E-state index in [1.807, 2.05) is 6.07 Å². The molecule has 0 unspecified atom stereocenters. The van der Waals surface area contributed by atoms with E-state index in [4.69, 9.17) is 18.9 Å². The fourth-order valence-electron chi connectivity index (χ4n) is 5.04. The molecule has 0 spiro atoms. The Labute approximate surface area is 200 Å². The molecule has 0 N–H and O–H groups in total. The van der Waals surface area contributed by atoms with Gasteiger partial charge >= 0.3 is 0 Å². The first-order chi connectivity index (χ1) is 16.6. The zero-order valence-corrected chi connectivity index (χ0v) is 20.4. The highest BCUT2D eigenvalue weighted by Crippen LogP contribution is 2.43. The number of hydrogen-bond donors (Lipinski definition) is 0. The lowest BCUT2D eigenvalue weighted by atomic mass is 9.88. The third-order valence-corrected chi connectivity index (χ3v) is 6.76. The van der Waals surface area contributed by atoms with Gasteiger partial charge in [-0.3, -0.25) is 0 Å². The lowest BCUT2D eigenvalue weighted by molar-refractivity contribution is -0.686. The molecule has 0 atom stereocenters. The SMILES string of the molecule is COc1cc2c(cc1OC)-c1c(Cc3ccc(C)cc3)c3ccc(OC)c(OC)c3c[n+]1CC2. The number of rotatable bonds is 6. The van der Waals surface area contributed by atoms with Crippen molar-refractivity contribution in [2.24, 2.45) is 0 Å². The summed E-state index contributed by atoms with van der Waals surface area (Å²) in [6.07, 6.45) is 3.91. The summed E-state index contributed by atoms with van der Waals surface area (Å²) in [6, 6.07) is 17.1. The van der Waals surface area contributed by atoms with E-state index in [1.165, 1.54) is 33.5 Å². The Hall–Kier alpha value is -3.73. The van der Waals surface area contributed by atoms with Crippen molar-refractivity contribution in [2.75, 3.05) is 28.4 Å². The number of benzene rings is 3. The van der Waals surface area contributed by atoms with Crippen molar-refractivity contribution in [1.29, 1.82) is 0 Å². The number of aryl methyl sites for hydroxylation is 3. The second kappa shape index (κ2) is 8.90. The summed E-state index contributed by atoms with van der Waals surface area (Å²) < 4.78 is 25.0. The Bertz CT molecular complexity index is 1380. The third-order valence-electron chi connectivity index (χ3n) is 6.76. The molecule has 5 nitrogen and oxygen atoms in total. The molecule has 0 aliphatic carbocycles. The van der Waals surface area contributed by atoms with Crippen LogP contribution in [0.15, 0.2) is 54.7 Å². The fourth-order valence-corrected chi connectivity index (χ4v) is 5.04. The highest BCUT2D eigenvalue weighted by molar-refractivity contribution is 5.95. The molecular formula is C29H30NO4+. The van der Waals surface area contributed by atoms with Gasteiger partial charge in [-0.05, 0) is 42.3 Å². The molecule has 5 rings (SSSR count). The van der Waals surface area contributed by atoms with Crippen molar-refractivity contribution in [3.63, 3.8) is 0 Å². The number of aromatic nitrogens is 1. The van der Waals surface area contributed by atoms with Crippen molar-refractivity contribution in [3.8, 4) is 34.3 Å². The van der Waals surface area contributed by atoms with Crippen LogP contribution in [0.4, 0.5) is 0 Å². The molecule has 174 valence electrons. The van der Waals surface area contributed by atoms with Crippen LogP contribution in [0.1, 0.15) is 22.3 Å². The molecule has 3 aromatic carbocycles. The number of nitrogens with zero attached hydrogens (tertiary/aromatic N) is 1. The summed E-state index contributed by atoms with van der Waals surface area (Å²) >= 11 is 0. The van der Waals surface area contributed by atoms with E-state index in [1.54, 1.807) is 28.4 Å². The van der Waals surface area contributed by atoms with Gasteiger partial charge < -0.3 is 18.9 Å². The number of ether oxygens (including phenoxy) is 4. The van der Waals surface area contributed by atoms with Crippen molar-refractivity contribution in [2.45, 2.75) is 26.3 Å². The van der Waals surface area contributed by atoms with Crippen LogP contribution in [0.25, 0.3) is 22.0 Å². The fraction of sp³-hybridized carbons (Fsp3) is 0.276. The van der Waals surface area contributed by atoms with Gasteiger partial charge in [0.1, 0.15) is 0 Å². The molecule has 0 bridgehead atoms. The molecule has 0 fully saturated rings. The monoisotopic (exact) mass is 456 g/mol. The Morgan fingerprint density at radius 1 is 0.765 bits per heavy atom. The first-order valence-electron chi connectivity index (χ1n) is 11.5. The molecule has 1 aliphatic heterocycles. The predicted octanol–water partition coefficient (Wildman–Crippen LogP) is 5.28. The van der Waals surface area contributed by atoms with Crippen molar-refractivity contribution in [1.82, 2.24) is 0 Å². The van der Waals surface area contributed by atoms with E-state index in [0.717, 1.165) is 53.2 Å². The molecule has 0 amide bonds. The average Bonchev–Trinajstić information content (AvgIpc) is 2.87. The summed E-state index contributed by atoms with van der Waals surface area (Å²) in [4.78, 5) is 0. The lowest BCUT2D eigenvalue weighted by Crippen LogP contribution is -2.41. The van der Waals surface area contributed by atoms with Gasteiger partial charge in [-0.2, -0.15) is 4.57 Å². The molecule has 0 saturated heterocycles. The van der Waals surface area contributed by atoms with Crippen LogP contribution in [0.2, 0.25) is 0 Å². The summed E-state index contributed by atoms with van der Waals surface area (Å²) in [7, 11) is 6.75. The number of methoxy groups -OCH3 is 4. The van der Waals surface area contributed by atoms with Gasteiger partial charge in [0.15, 0.2) is 35.7 Å². The van der Waals surface area contributed by atoms with Crippen LogP contribution in [-0.4, -0.2) is 28.4 Å². The minimum Gasteiger partial charge on any atom is -0.493 e. The predicted molar refractivity (Wildman–Crippen MR) is 133 cm³/mol. The van der Waals surface area contributed by atoms with Gasteiger partial charge in [-0.25, -0.2) is 0 Å². The van der Waals surface area contributed by atoms with E-state index in [9.17, 15) is 0 Å². The molecule has 5 heteroatoms. The average molecular weight is 457 g/mol. The normalized spacial score (nSPS) is 12.1. The van der Waals surface area contributed by atoms with Gasteiger partial charge in [0, 0.05) is 23.8 Å². The Kier molecular flexibility index (Phi) is 5.78. The molecule has 0 radical (unpaired) electrons. The maximum atomic E-state index is 5.82. The number of pyridine rings is 1. The third kappa shape index (κ3) is 3.61. The zero-order chi connectivity index (χ0) is 23.8. The summed E-state index contributed by atoms with van der Waals surface area (Å²) in [5.41, 5.74) is 7.44. The van der Waals surface area contributed by atoms with Gasteiger partial charge in [0.25, 0.3) is 0 Å². The topological polar surface area (TPSA) is 40.8 Å². The Morgan fingerprint density at radius 3 is 2.15 bits per heavy atom. The molecule has 1 aromatic heterocycles. The molecule has 4 aromatic rings. The number of hydrogen-bond acceptors (Lipinski definition) is 4. The van der Waals surface area contributed by atoms with Crippen LogP contribution in [0.5, 0.6) is 23.0 Å². The van der Waals surface area contributed by atoms with E-state index < -0.39 is 0 Å². The highest BCUT2D eigenvalue weighted by atomic mass is 16.5. The highest BCUT2D eigenvalue weighted by Gasteiger charge is 2.31. The summed E-state index contributed by atoms with van der Waals surface area (Å²) in [6.45, 7) is 2.99. The smallest absolute Gasteiger partial charge is 0.217 e. The van der Waals surface area contributed by atoms with Crippen LogP contribution >= 0.6 is 0 Å².